The predicted octanol–water partition coefficient (Wildman–Crippen LogP) is 2.42. The van der Waals surface area contributed by atoms with Gasteiger partial charge in [-0.05, 0) is 6.07 Å². The first-order valence-electron chi connectivity index (χ1n) is 5.36. The number of halogens is 1. The molecule has 0 saturated carbocycles. The van der Waals surface area contributed by atoms with Crippen LogP contribution in [0.3, 0.4) is 0 Å². The van der Waals surface area contributed by atoms with Crippen LogP contribution in [0, 0.1) is 0 Å². The maximum atomic E-state index is 11.6. The van der Waals surface area contributed by atoms with E-state index < -0.39 is 0 Å². The normalized spacial score (nSPS) is 15.4. The summed E-state index contributed by atoms with van der Waals surface area (Å²) in [6.45, 7) is 1.27. The number of hydrogen-bond donors (Lipinski definition) is 1. The number of fused-ring (bicyclic) bond motifs is 1. The number of anilines is 1. The Morgan fingerprint density at radius 3 is 2.94 bits per heavy atom. The number of aromatic nitrogens is 1. The summed E-state index contributed by atoms with van der Waals surface area (Å²) in [5.41, 5.74) is 0.801. The van der Waals surface area contributed by atoms with Crippen LogP contribution < -0.4 is 10.2 Å². The lowest BCUT2D eigenvalue weighted by Gasteiger charge is -2.14. The van der Waals surface area contributed by atoms with Crippen LogP contribution in [0.15, 0.2) is 30.3 Å². The highest BCUT2D eigenvalue weighted by molar-refractivity contribution is 6.35. The van der Waals surface area contributed by atoms with Crippen molar-refractivity contribution in [2.75, 3.05) is 18.0 Å². The third kappa shape index (κ3) is 1.70. The number of carbonyl (C=O) groups is 1. The van der Waals surface area contributed by atoms with Gasteiger partial charge >= 0.3 is 6.03 Å². The fourth-order valence-corrected chi connectivity index (χ4v) is 2.21. The number of nitrogens with zero attached hydrogens (tertiary/aromatic N) is 2. The van der Waals surface area contributed by atoms with E-state index in [2.05, 4.69) is 10.3 Å². The first-order chi connectivity index (χ1) is 8.25. The Kier molecular flexibility index (Phi) is 2.37. The van der Waals surface area contributed by atoms with Crippen molar-refractivity contribution in [3.63, 3.8) is 0 Å². The van der Waals surface area contributed by atoms with Crippen LogP contribution in [-0.4, -0.2) is 24.1 Å². The Bertz CT molecular complexity index is 599. The van der Waals surface area contributed by atoms with Crippen molar-refractivity contribution < 1.29 is 4.79 Å². The van der Waals surface area contributed by atoms with Crippen molar-refractivity contribution in [2.24, 2.45) is 0 Å². The van der Waals surface area contributed by atoms with Crippen molar-refractivity contribution >= 4 is 34.4 Å². The van der Waals surface area contributed by atoms with Crippen molar-refractivity contribution in [3.8, 4) is 0 Å². The number of pyridine rings is 1. The molecule has 3 rings (SSSR count). The van der Waals surface area contributed by atoms with Crippen molar-refractivity contribution in [2.45, 2.75) is 0 Å². The summed E-state index contributed by atoms with van der Waals surface area (Å²) in [6, 6.07) is 9.23. The molecule has 1 aromatic heterocycles. The molecule has 2 amide bonds. The maximum Gasteiger partial charge on any atom is 0.323 e. The SMILES string of the molecule is O=C1NCCN1c1cc(Cl)c2ccccc2n1. The number of amides is 2. The Balaban J connectivity index is 2.15. The fraction of sp³-hybridized carbons (Fsp3) is 0.167. The lowest BCUT2D eigenvalue weighted by molar-refractivity contribution is 0.252. The number of hydrogen-bond acceptors (Lipinski definition) is 2. The molecule has 1 aliphatic heterocycles. The molecule has 4 nitrogen and oxygen atoms in total. The van der Waals surface area contributed by atoms with Gasteiger partial charge in [0.05, 0.1) is 10.5 Å². The minimum absolute atomic E-state index is 0.121. The molecule has 2 aromatic rings. The van der Waals surface area contributed by atoms with E-state index in [-0.39, 0.29) is 6.03 Å². The van der Waals surface area contributed by atoms with Gasteiger partial charge in [0.15, 0.2) is 0 Å². The minimum Gasteiger partial charge on any atom is -0.336 e. The van der Waals surface area contributed by atoms with Gasteiger partial charge in [0.1, 0.15) is 5.82 Å². The Labute approximate surface area is 103 Å². The van der Waals surface area contributed by atoms with Crippen LogP contribution in [0.2, 0.25) is 5.02 Å². The number of benzene rings is 1. The highest BCUT2D eigenvalue weighted by atomic mass is 35.5. The number of rotatable bonds is 1. The van der Waals surface area contributed by atoms with Gasteiger partial charge in [-0.15, -0.1) is 0 Å². The summed E-state index contributed by atoms with van der Waals surface area (Å²) >= 11 is 6.19. The molecule has 0 radical (unpaired) electrons. The van der Waals surface area contributed by atoms with Crippen molar-refractivity contribution in [1.82, 2.24) is 10.3 Å². The third-order valence-electron chi connectivity index (χ3n) is 2.79. The molecular formula is C12H10ClN3O. The summed E-state index contributed by atoms with van der Waals surface area (Å²) in [4.78, 5) is 17.6. The van der Waals surface area contributed by atoms with Gasteiger partial charge in [-0.2, -0.15) is 0 Å². The number of carbonyl (C=O) groups excluding carboxylic acids is 1. The third-order valence-corrected chi connectivity index (χ3v) is 3.10. The van der Waals surface area contributed by atoms with Gasteiger partial charge in [0.25, 0.3) is 0 Å². The molecule has 1 aliphatic rings. The summed E-state index contributed by atoms with van der Waals surface area (Å²) in [5.74, 6) is 0.601. The van der Waals surface area contributed by atoms with Gasteiger partial charge in [-0.25, -0.2) is 9.78 Å². The quantitative estimate of drug-likeness (QED) is 0.841. The van der Waals surface area contributed by atoms with E-state index in [9.17, 15) is 4.79 Å². The maximum absolute atomic E-state index is 11.6. The van der Waals surface area contributed by atoms with Crippen LogP contribution in [0.5, 0.6) is 0 Å². The van der Waals surface area contributed by atoms with E-state index in [1.54, 1.807) is 11.0 Å². The standard InChI is InChI=1S/C12H10ClN3O/c13-9-7-11(16-6-5-14-12(16)17)15-10-4-2-1-3-8(9)10/h1-4,7H,5-6H2,(H,14,17). The molecule has 0 spiro atoms. The lowest BCUT2D eigenvalue weighted by Crippen LogP contribution is -2.28. The second-order valence-electron chi connectivity index (χ2n) is 3.86. The first kappa shape index (κ1) is 10.4. The summed E-state index contributed by atoms with van der Waals surface area (Å²) in [7, 11) is 0. The second-order valence-corrected chi connectivity index (χ2v) is 4.27. The number of urea groups is 1. The largest absolute Gasteiger partial charge is 0.336 e. The van der Waals surface area contributed by atoms with E-state index in [1.165, 1.54) is 0 Å². The van der Waals surface area contributed by atoms with Crippen LogP contribution in [0.25, 0.3) is 10.9 Å². The Morgan fingerprint density at radius 1 is 1.35 bits per heavy atom. The predicted molar refractivity (Wildman–Crippen MR) is 67.5 cm³/mol. The smallest absolute Gasteiger partial charge is 0.323 e. The zero-order valence-electron chi connectivity index (χ0n) is 8.98. The molecule has 0 bridgehead atoms. The van der Waals surface area contributed by atoms with Crippen LogP contribution >= 0.6 is 11.6 Å². The topological polar surface area (TPSA) is 45.2 Å². The summed E-state index contributed by atoms with van der Waals surface area (Å²) in [5, 5.41) is 4.26. The Hall–Kier alpha value is -1.81. The first-order valence-corrected chi connectivity index (χ1v) is 5.74. The molecule has 2 heterocycles. The fourth-order valence-electron chi connectivity index (χ4n) is 1.95. The van der Waals surface area contributed by atoms with Gasteiger partial charge in [-0.3, -0.25) is 4.90 Å². The van der Waals surface area contributed by atoms with Gasteiger partial charge < -0.3 is 5.32 Å². The van der Waals surface area contributed by atoms with Gasteiger partial charge in [-0.1, -0.05) is 29.8 Å². The summed E-state index contributed by atoms with van der Waals surface area (Å²) < 4.78 is 0. The zero-order chi connectivity index (χ0) is 11.8. The van der Waals surface area contributed by atoms with E-state index in [0.29, 0.717) is 23.9 Å². The highest BCUT2D eigenvalue weighted by Crippen LogP contribution is 2.27. The molecule has 1 saturated heterocycles. The van der Waals surface area contributed by atoms with Crippen LogP contribution in [-0.2, 0) is 0 Å². The van der Waals surface area contributed by atoms with Crippen LogP contribution in [0.4, 0.5) is 10.6 Å². The molecule has 86 valence electrons. The molecule has 0 aliphatic carbocycles. The van der Waals surface area contributed by atoms with Crippen molar-refractivity contribution in [3.05, 3.63) is 35.4 Å². The molecule has 5 heteroatoms. The van der Waals surface area contributed by atoms with E-state index in [4.69, 9.17) is 11.6 Å². The highest BCUT2D eigenvalue weighted by Gasteiger charge is 2.22. The average molecular weight is 248 g/mol. The second kappa shape index (κ2) is 3.89. The molecule has 1 N–H and O–H groups in total. The lowest BCUT2D eigenvalue weighted by atomic mass is 10.2. The van der Waals surface area contributed by atoms with E-state index in [0.717, 1.165) is 10.9 Å². The van der Waals surface area contributed by atoms with Crippen LogP contribution in [0.1, 0.15) is 0 Å². The number of nitrogens with one attached hydrogen (secondary N) is 1. The molecule has 17 heavy (non-hydrogen) atoms. The minimum atomic E-state index is -0.121. The Morgan fingerprint density at radius 2 is 2.18 bits per heavy atom. The molecule has 1 aromatic carbocycles. The molecule has 0 unspecified atom stereocenters. The molecule has 1 fully saturated rings. The van der Waals surface area contributed by atoms with Gasteiger partial charge in [0.2, 0.25) is 0 Å². The van der Waals surface area contributed by atoms with Gasteiger partial charge in [0, 0.05) is 24.5 Å². The van der Waals surface area contributed by atoms with E-state index in [1.807, 2.05) is 24.3 Å². The zero-order valence-corrected chi connectivity index (χ0v) is 9.74. The number of para-hydroxylation sites is 1. The average Bonchev–Trinajstić information content (AvgIpc) is 2.75. The molecular weight excluding hydrogens is 238 g/mol. The molecule has 0 atom stereocenters. The monoisotopic (exact) mass is 247 g/mol. The van der Waals surface area contributed by atoms with E-state index >= 15 is 0 Å². The van der Waals surface area contributed by atoms with Crippen molar-refractivity contribution in [1.29, 1.82) is 0 Å². The summed E-state index contributed by atoms with van der Waals surface area (Å²) in [6.07, 6.45) is 0.